The molecule has 0 radical (unpaired) electrons. The summed E-state index contributed by atoms with van der Waals surface area (Å²) in [4.78, 5) is 19.6. The van der Waals surface area contributed by atoms with Gasteiger partial charge in [0.2, 0.25) is 0 Å². The minimum atomic E-state index is -0.498. The molecule has 0 fully saturated rings. The Morgan fingerprint density at radius 2 is 2.40 bits per heavy atom. The normalized spacial score (nSPS) is 17.8. The molecule has 5 heteroatoms. The van der Waals surface area contributed by atoms with Gasteiger partial charge < -0.3 is 14.8 Å². The molecule has 104 valence electrons. The summed E-state index contributed by atoms with van der Waals surface area (Å²) in [6, 6.07) is 5.17. The number of nitrogens with one attached hydrogen (secondary N) is 1. The fourth-order valence-electron chi connectivity index (χ4n) is 2.63. The predicted octanol–water partition coefficient (Wildman–Crippen LogP) is 2.15. The number of hydrogen-bond acceptors (Lipinski definition) is 4. The van der Waals surface area contributed by atoms with Crippen LogP contribution < -0.4 is 0 Å². The Hall–Kier alpha value is -2.30. The molecule has 0 amide bonds. The standard InChI is InChI=1S/C15H16N2O3/c1-2-20-15(19)12-8-16-6-5-10-11-7-9(18)3-4-13(11)17-14(10)12/h3-4,7-8,12,17-18H,2,5-6H2,1H3. The summed E-state index contributed by atoms with van der Waals surface area (Å²) in [5.41, 5.74) is 2.77. The van der Waals surface area contributed by atoms with Gasteiger partial charge in [0.1, 0.15) is 11.7 Å². The zero-order chi connectivity index (χ0) is 14.1. The molecule has 0 bridgehead atoms. The maximum absolute atomic E-state index is 12.1. The molecule has 0 saturated carbocycles. The van der Waals surface area contributed by atoms with Crippen LogP contribution in [0.15, 0.2) is 23.2 Å². The molecule has 20 heavy (non-hydrogen) atoms. The van der Waals surface area contributed by atoms with Gasteiger partial charge in [-0.25, -0.2) is 0 Å². The lowest BCUT2D eigenvalue weighted by atomic mass is 10.00. The molecule has 1 aliphatic heterocycles. The van der Waals surface area contributed by atoms with E-state index in [1.54, 1.807) is 25.3 Å². The lowest BCUT2D eigenvalue weighted by molar-refractivity contribution is -0.143. The van der Waals surface area contributed by atoms with E-state index >= 15 is 0 Å². The van der Waals surface area contributed by atoms with Gasteiger partial charge in [0.25, 0.3) is 0 Å². The molecular weight excluding hydrogens is 256 g/mol. The molecular formula is C15H16N2O3. The van der Waals surface area contributed by atoms with Crippen molar-refractivity contribution in [3.05, 3.63) is 29.5 Å². The number of nitrogens with zero attached hydrogens (tertiary/aromatic N) is 1. The number of esters is 1. The van der Waals surface area contributed by atoms with Crippen LogP contribution >= 0.6 is 0 Å². The Kier molecular flexibility index (Phi) is 3.18. The molecule has 2 N–H and O–H groups in total. The van der Waals surface area contributed by atoms with E-state index in [4.69, 9.17) is 4.74 Å². The van der Waals surface area contributed by atoms with Crippen molar-refractivity contribution in [1.82, 2.24) is 4.98 Å². The zero-order valence-electron chi connectivity index (χ0n) is 11.2. The average molecular weight is 272 g/mol. The first kappa shape index (κ1) is 12.7. The third kappa shape index (κ3) is 2.05. The first-order valence-corrected chi connectivity index (χ1v) is 6.70. The van der Waals surface area contributed by atoms with Gasteiger partial charge in [0.05, 0.1) is 6.61 Å². The molecule has 2 heterocycles. The van der Waals surface area contributed by atoms with E-state index in [0.717, 1.165) is 28.6 Å². The molecule has 1 aromatic heterocycles. The van der Waals surface area contributed by atoms with Crippen LogP contribution in [0, 0.1) is 0 Å². The average Bonchev–Trinajstić information content (AvgIpc) is 2.64. The number of fused-ring (bicyclic) bond motifs is 3. The summed E-state index contributed by atoms with van der Waals surface area (Å²) < 4.78 is 5.11. The van der Waals surface area contributed by atoms with Gasteiger partial charge in [0, 0.05) is 29.4 Å². The Morgan fingerprint density at radius 1 is 1.55 bits per heavy atom. The second-order valence-corrected chi connectivity index (χ2v) is 4.78. The predicted molar refractivity (Wildman–Crippen MR) is 76.4 cm³/mol. The number of benzene rings is 1. The Bertz CT molecular complexity index is 688. The number of carbonyl (C=O) groups excluding carboxylic acids is 1. The number of phenolic OH excluding ortho intramolecular Hbond substituents is 1. The van der Waals surface area contributed by atoms with Crippen molar-refractivity contribution < 1.29 is 14.6 Å². The zero-order valence-corrected chi connectivity index (χ0v) is 11.2. The Morgan fingerprint density at radius 3 is 3.20 bits per heavy atom. The molecule has 0 spiro atoms. The van der Waals surface area contributed by atoms with E-state index in [1.165, 1.54) is 0 Å². The van der Waals surface area contributed by atoms with Gasteiger partial charge in [-0.1, -0.05) is 0 Å². The molecule has 2 aromatic rings. The van der Waals surface area contributed by atoms with E-state index in [1.807, 2.05) is 6.07 Å². The summed E-state index contributed by atoms with van der Waals surface area (Å²) >= 11 is 0. The highest BCUT2D eigenvalue weighted by molar-refractivity contribution is 5.99. The van der Waals surface area contributed by atoms with Gasteiger partial charge >= 0.3 is 5.97 Å². The number of aromatic nitrogens is 1. The molecule has 1 aliphatic rings. The van der Waals surface area contributed by atoms with Gasteiger partial charge in [-0.15, -0.1) is 0 Å². The molecule has 0 saturated heterocycles. The maximum atomic E-state index is 12.1. The summed E-state index contributed by atoms with van der Waals surface area (Å²) in [6.45, 7) is 2.76. The van der Waals surface area contributed by atoms with Crippen molar-refractivity contribution in [1.29, 1.82) is 0 Å². The summed E-state index contributed by atoms with van der Waals surface area (Å²) in [7, 11) is 0. The fraction of sp³-hybridized carbons (Fsp3) is 0.333. The number of phenols is 1. The number of aliphatic imine (C=N–C) groups is 1. The van der Waals surface area contributed by atoms with Crippen molar-refractivity contribution in [3.63, 3.8) is 0 Å². The Labute approximate surface area is 116 Å². The van der Waals surface area contributed by atoms with Crippen LogP contribution in [0.4, 0.5) is 0 Å². The van der Waals surface area contributed by atoms with Crippen LogP contribution in [0.3, 0.4) is 0 Å². The number of carbonyl (C=O) groups is 1. The Balaban J connectivity index is 2.14. The minimum absolute atomic E-state index is 0.220. The SMILES string of the molecule is CCOC(=O)C1C=NCCc2c1[nH]c1ccc(O)cc21. The smallest absolute Gasteiger partial charge is 0.320 e. The molecule has 5 nitrogen and oxygen atoms in total. The van der Waals surface area contributed by atoms with Crippen LogP contribution in [0.5, 0.6) is 5.75 Å². The highest BCUT2D eigenvalue weighted by Crippen LogP contribution is 2.32. The first-order chi connectivity index (χ1) is 9.70. The number of aromatic hydroxyl groups is 1. The quantitative estimate of drug-likeness (QED) is 0.822. The van der Waals surface area contributed by atoms with Crippen LogP contribution in [-0.2, 0) is 16.0 Å². The topological polar surface area (TPSA) is 74.7 Å². The van der Waals surface area contributed by atoms with Crippen molar-refractivity contribution >= 4 is 23.1 Å². The monoisotopic (exact) mass is 272 g/mol. The second kappa shape index (κ2) is 5.00. The lowest BCUT2D eigenvalue weighted by Crippen LogP contribution is -2.18. The summed E-state index contributed by atoms with van der Waals surface area (Å²) in [5.74, 6) is -0.575. The van der Waals surface area contributed by atoms with E-state index in [-0.39, 0.29) is 11.7 Å². The van der Waals surface area contributed by atoms with Gasteiger partial charge in [-0.3, -0.25) is 9.79 Å². The van der Waals surface area contributed by atoms with Crippen LogP contribution in [-0.4, -0.2) is 35.4 Å². The maximum Gasteiger partial charge on any atom is 0.320 e. The number of ether oxygens (including phenoxy) is 1. The largest absolute Gasteiger partial charge is 0.508 e. The first-order valence-electron chi connectivity index (χ1n) is 6.70. The third-order valence-corrected chi connectivity index (χ3v) is 3.52. The van der Waals surface area contributed by atoms with E-state index in [9.17, 15) is 9.90 Å². The van der Waals surface area contributed by atoms with Crippen LogP contribution in [0.2, 0.25) is 0 Å². The number of rotatable bonds is 2. The molecule has 1 aromatic carbocycles. The summed E-state index contributed by atoms with van der Waals surface area (Å²) in [5, 5.41) is 10.6. The minimum Gasteiger partial charge on any atom is -0.508 e. The molecule has 1 atom stereocenters. The fourth-order valence-corrected chi connectivity index (χ4v) is 2.63. The summed E-state index contributed by atoms with van der Waals surface area (Å²) in [6.07, 6.45) is 2.39. The van der Waals surface area contributed by atoms with E-state index < -0.39 is 5.92 Å². The third-order valence-electron chi connectivity index (χ3n) is 3.52. The lowest BCUT2D eigenvalue weighted by Gasteiger charge is -2.10. The number of aromatic amines is 1. The van der Waals surface area contributed by atoms with Crippen LogP contribution in [0.25, 0.3) is 10.9 Å². The number of H-pyrrole nitrogens is 1. The highest BCUT2D eigenvalue weighted by Gasteiger charge is 2.27. The van der Waals surface area contributed by atoms with Crippen molar-refractivity contribution in [2.45, 2.75) is 19.3 Å². The van der Waals surface area contributed by atoms with Crippen molar-refractivity contribution in [2.24, 2.45) is 4.99 Å². The molecule has 3 rings (SSSR count). The van der Waals surface area contributed by atoms with Crippen molar-refractivity contribution in [3.8, 4) is 5.75 Å². The van der Waals surface area contributed by atoms with Crippen molar-refractivity contribution in [2.75, 3.05) is 13.2 Å². The van der Waals surface area contributed by atoms with E-state index in [2.05, 4.69) is 9.98 Å². The van der Waals surface area contributed by atoms with Crippen LogP contribution in [0.1, 0.15) is 24.1 Å². The molecule has 0 aliphatic carbocycles. The highest BCUT2D eigenvalue weighted by atomic mass is 16.5. The number of hydrogen-bond donors (Lipinski definition) is 2. The molecule has 1 unspecified atom stereocenters. The van der Waals surface area contributed by atoms with Gasteiger partial charge in [-0.05, 0) is 37.1 Å². The van der Waals surface area contributed by atoms with E-state index in [0.29, 0.717) is 13.2 Å². The van der Waals surface area contributed by atoms with Gasteiger partial charge in [0.15, 0.2) is 0 Å². The second-order valence-electron chi connectivity index (χ2n) is 4.78. The van der Waals surface area contributed by atoms with Gasteiger partial charge in [-0.2, -0.15) is 0 Å².